The number of nitriles is 1. The summed E-state index contributed by atoms with van der Waals surface area (Å²) in [4.78, 5) is 28.2. The Morgan fingerprint density at radius 1 is 1.12 bits per heavy atom. The number of nitrogens with zero attached hydrogens (tertiary/aromatic N) is 2. The first kappa shape index (κ1) is 21.3. The number of Topliss-reactive ketones (excluding diaryl/α,β-unsaturated/α-hetero) is 1. The Morgan fingerprint density at radius 3 is 2.38 bits per heavy atom. The van der Waals surface area contributed by atoms with Crippen molar-refractivity contribution >= 4 is 28.7 Å². The second-order valence-corrected chi connectivity index (χ2v) is 8.49. The third kappa shape index (κ3) is 3.88. The van der Waals surface area contributed by atoms with Crippen molar-refractivity contribution < 1.29 is 19.4 Å². The summed E-state index contributed by atoms with van der Waals surface area (Å²) in [6.45, 7) is 3.85. The average Bonchev–Trinajstić information content (AvgIpc) is 3.41. The number of aliphatic hydroxyl groups excluding tert-OH is 1. The lowest BCUT2D eigenvalue weighted by Crippen LogP contribution is -2.31. The van der Waals surface area contributed by atoms with E-state index in [1.165, 1.54) is 16.2 Å². The zero-order valence-electron chi connectivity index (χ0n) is 17.5. The molecular formula is C25H20N2O4S. The lowest BCUT2D eigenvalue weighted by atomic mass is 9.95. The lowest BCUT2D eigenvalue weighted by Gasteiger charge is -2.27. The van der Waals surface area contributed by atoms with E-state index < -0.39 is 23.5 Å². The van der Waals surface area contributed by atoms with Crippen molar-refractivity contribution in [1.82, 2.24) is 0 Å². The third-order valence-corrected chi connectivity index (χ3v) is 5.91. The highest BCUT2D eigenvalue weighted by molar-refractivity contribution is 7.12. The second-order valence-electron chi connectivity index (χ2n) is 7.54. The summed E-state index contributed by atoms with van der Waals surface area (Å²) in [5.74, 6) is -0.964. The number of anilines is 1. The number of rotatable bonds is 6. The predicted molar refractivity (Wildman–Crippen MR) is 122 cm³/mol. The SMILES string of the molecule is CC(C)Oc1ccc(C2C(C(=O)c3cccs3)=C(O)C(=O)N2c2ccc(C#N)cc2)cc1. The van der Waals surface area contributed by atoms with E-state index >= 15 is 0 Å². The Labute approximate surface area is 189 Å². The van der Waals surface area contributed by atoms with Crippen LogP contribution in [-0.4, -0.2) is 22.9 Å². The van der Waals surface area contributed by atoms with E-state index in [1.54, 1.807) is 66.0 Å². The first-order valence-electron chi connectivity index (χ1n) is 10.0. The second kappa shape index (κ2) is 8.69. The quantitative estimate of drug-likeness (QED) is 0.529. The third-order valence-electron chi connectivity index (χ3n) is 5.04. The number of hydrogen-bond donors (Lipinski definition) is 1. The summed E-state index contributed by atoms with van der Waals surface area (Å²) in [7, 11) is 0. The topological polar surface area (TPSA) is 90.6 Å². The highest BCUT2D eigenvalue weighted by Gasteiger charge is 2.44. The zero-order valence-corrected chi connectivity index (χ0v) is 18.3. The Bertz CT molecular complexity index is 1220. The molecule has 2 heterocycles. The number of thiophene rings is 1. The molecule has 7 heteroatoms. The van der Waals surface area contributed by atoms with Crippen molar-refractivity contribution in [3.05, 3.63) is 93.4 Å². The molecule has 0 fully saturated rings. The number of ether oxygens (including phenoxy) is 1. The first-order valence-corrected chi connectivity index (χ1v) is 10.9. The minimum absolute atomic E-state index is 0.00367. The van der Waals surface area contributed by atoms with Gasteiger partial charge in [0.05, 0.1) is 34.2 Å². The van der Waals surface area contributed by atoms with E-state index in [0.29, 0.717) is 27.4 Å². The van der Waals surface area contributed by atoms with Gasteiger partial charge in [0.2, 0.25) is 5.78 Å². The van der Waals surface area contributed by atoms with Gasteiger partial charge < -0.3 is 9.84 Å². The van der Waals surface area contributed by atoms with Crippen LogP contribution < -0.4 is 9.64 Å². The van der Waals surface area contributed by atoms with Crippen LogP contribution in [0, 0.1) is 11.3 Å². The fourth-order valence-corrected chi connectivity index (χ4v) is 4.33. The molecule has 1 aliphatic rings. The van der Waals surface area contributed by atoms with Crippen LogP contribution in [-0.2, 0) is 4.79 Å². The Hall–Kier alpha value is -3.89. The highest BCUT2D eigenvalue weighted by atomic mass is 32.1. The molecule has 32 heavy (non-hydrogen) atoms. The molecule has 1 amide bonds. The molecule has 3 aromatic rings. The molecule has 6 nitrogen and oxygen atoms in total. The van der Waals surface area contributed by atoms with Gasteiger partial charge in [-0.15, -0.1) is 11.3 Å². The van der Waals surface area contributed by atoms with Gasteiger partial charge in [-0.05, 0) is 67.3 Å². The smallest absolute Gasteiger partial charge is 0.294 e. The number of ketones is 1. The van der Waals surface area contributed by atoms with Crippen molar-refractivity contribution in [3.63, 3.8) is 0 Å². The van der Waals surface area contributed by atoms with Gasteiger partial charge >= 0.3 is 0 Å². The number of benzene rings is 2. The highest BCUT2D eigenvalue weighted by Crippen LogP contribution is 2.42. The van der Waals surface area contributed by atoms with Gasteiger partial charge in [-0.25, -0.2) is 0 Å². The molecule has 1 aliphatic heterocycles. The van der Waals surface area contributed by atoms with Crippen LogP contribution in [0.25, 0.3) is 0 Å². The molecule has 0 saturated heterocycles. The van der Waals surface area contributed by atoms with Crippen molar-refractivity contribution in [2.24, 2.45) is 0 Å². The first-order chi connectivity index (χ1) is 15.4. The molecule has 0 bridgehead atoms. The van der Waals surface area contributed by atoms with Crippen LogP contribution in [0.5, 0.6) is 5.75 Å². The maximum atomic E-state index is 13.3. The zero-order chi connectivity index (χ0) is 22.8. The van der Waals surface area contributed by atoms with Crippen molar-refractivity contribution in [1.29, 1.82) is 5.26 Å². The number of amides is 1. The average molecular weight is 445 g/mol. The molecule has 2 aromatic carbocycles. The molecule has 4 rings (SSSR count). The summed E-state index contributed by atoms with van der Waals surface area (Å²) < 4.78 is 5.71. The molecule has 0 spiro atoms. The largest absolute Gasteiger partial charge is 0.503 e. The van der Waals surface area contributed by atoms with Crippen molar-refractivity contribution in [2.45, 2.75) is 26.0 Å². The number of aliphatic hydroxyl groups is 1. The number of carbonyl (C=O) groups excluding carboxylic acids is 2. The van der Waals surface area contributed by atoms with Gasteiger partial charge in [0.1, 0.15) is 5.75 Å². The summed E-state index contributed by atoms with van der Waals surface area (Å²) >= 11 is 1.25. The van der Waals surface area contributed by atoms with Crippen LogP contribution in [0.4, 0.5) is 5.69 Å². The fourth-order valence-electron chi connectivity index (χ4n) is 3.66. The Balaban J connectivity index is 1.82. The minimum Gasteiger partial charge on any atom is -0.503 e. The fraction of sp³-hybridized carbons (Fsp3) is 0.160. The molecule has 0 saturated carbocycles. The summed E-state index contributed by atoms with van der Waals surface area (Å²) in [5.41, 5.74) is 1.60. The number of hydrogen-bond acceptors (Lipinski definition) is 6. The van der Waals surface area contributed by atoms with Gasteiger partial charge in [-0.3, -0.25) is 14.5 Å². The molecule has 0 aliphatic carbocycles. The maximum absolute atomic E-state index is 13.3. The van der Waals surface area contributed by atoms with E-state index in [2.05, 4.69) is 0 Å². The summed E-state index contributed by atoms with van der Waals surface area (Å²) in [6.07, 6.45) is 0.00367. The molecular weight excluding hydrogens is 424 g/mol. The Morgan fingerprint density at radius 2 is 1.81 bits per heavy atom. The van der Waals surface area contributed by atoms with Gasteiger partial charge in [0, 0.05) is 5.69 Å². The van der Waals surface area contributed by atoms with Crippen molar-refractivity contribution in [3.8, 4) is 11.8 Å². The van der Waals surface area contributed by atoms with E-state index in [-0.39, 0.29) is 11.7 Å². The van der Waals surface area contributed by atoms with Crippen LogP contribution in [0.3, 0.4) is 0 Å². The molecule has 160 valence electrons. The van der Waals surface area contributed by atoms with E-state index in [9.17, 15) is 14.7 Å². The molecule has 0 radical (unpaired) electrons. The molecule has 1 N–H and O–H groups in total. The normalized spacial score (nSPS) is 15.9. The van der Waals surface area contributed by atoms with Crippen LogP contribution in [0.1, 0.15) is 40.7 Å². The van der Waals surface area contributed by atoms with Gasteiger partial charge in [0.15, 0.2) is 5.76 Å². The lowest BCUT2D eigenvalue weighted by molar-refractivity contribution is -0.117. The predicted octanol–water partition coefficient (Wildman–Crippen LogP) is 5.19. The summed E-state index contributed by atoms with van der Waals surface area (Å²) in [6, 6.07) is 18.2. The Kier molecular flexibility index (Phi) is 5.80. The standard InChI is InChI=1S/C25H20N2O4S/c1-15(2)31-19-11-7-17(8-12-19)22-21(23(28)20-4-3-13-32-20)24(29)25(30)27(22)18-9-5-16(14-26)6-10-18/h3-13,15,22,29H,1-2H3. The van der Waals surface area contributed by atoms with Gasteiger partial charge in [-0.1, -0.05) is 18.2 Å². The summed E-state index contributed by atoms with van der Waals surface area (Å²) in [5, 5.41) is 21.6. The molecule has 1 aromatic heterocycles. The van der Waals surface area contributed by atoms with Crippen LogP contribution >= 0.6 is 11.3 Å². The van der Waals surface area contributed by atoms with E-state index in [1.807, 2.05) is 19.9 Å². The van der Waals surface area contributed by atoms with Gasteiger partial charge in [0.25, 0.3) is 5.91 Å². The van der Waals surface area contributed by atoms with Crippen LogP contribution in [0.2, 0.25) is 0 Å². The van der Waals surface area contributed by atoms with E-state index in [0.717, 1.165) is 0 Å². The molecule has 1 atom stereocenters. The monoisotopic (exact) mass is 444 g/mol. The van der Waals surface area contributed by atoms with Gasteiger partial charge in [-0.2, -0.15) is 5.26 Å². The van der Waals surface area contributed by atoms with Crippen LogP contribution in [0.15, 0.2) is 77.4 Å². The van der Waals surface area contributed by atoms with Crippen molar-refractivity contribution in [2.75, 3.05) is 4.90 Å². The maximum Gasteiger partial charge on any atom is 0.294 e. The van der Waals surface area contributed by atoms with E-state index in [4.69, 9.17) is 10.00 Å². The number of carbonyl (C=O) groups is 2. The minimum atomic E-state index is -0.821. The molecule has 1 unspecified atom stereocenters.